The quantitative estimate of drug-likeness (QED) is 0.834. The van der Waals surface area contributed by atoms with Crippen LogP contribution in [0.4, 0.5) is 0 Å². The molecule has 5 heteroatoms. The Morgan fingerprint density at radius 1 is 1.28 bits per heavy atom. The number of carbonyl (C=O) groups is 1. The van der Waals surface area contributed by atoms with Crippen molar-refractivity contribution in [2.24, 2.45) is 0 Å². The number of pyridine rings is 1. The summed E-state index contributed by atoms with van der Waals surface area (Å²) in [6.45, 7) is 7.28. The summed E-state index contributed by atoms with van der Waals surface area (Å²) in [4.78, 5) is 20.4. The third-order valence-electron chi connectivity index (χ3n) is 5.66. The van der Waals surface area contributed by atoms with Gasteiger partial charge in [0.1, 0.15) is 0 Å². The summed E-state index contributed by atoms with van der Waals surface area (Å²) >= 11 is 0. The van der Waals surface area contributed by atoms with Crippen LogP contribution in [-0.4, -0.2) is 38.2 Å². The van der Waals surface area contributed by atoms with Crippen LogP contribution >= 0.6 is 0 Å². The minimum atomic E-state index is 0.171. The molecule has 2 fully saturated rings. The molecule has 1 amide bonds. The van der Waals surface area contributed by atoms with Gasteiger partial charge in [0.2, 0.25) is 0 Å². The molecule has 0 aromatic carbocycles. The highest BCUT2D eigenvalue weighted by Crippen LogP contribution is 2.40. The van der Waals surface area contributed by atoms with Gasteiger partial charge in [0.25, 0.3) is 5.91 Å². The van der Waals surface area contributed by atoms with E-state index in [0.717, 1.165) is 48.1 Å². The summed E-state index contributed by atoms with van der Waals surface area (Å²) in [5, 5.41) is 5.43. The van der Waals surface area contributed by atoms with Crippen molar-refractivity contribution >= 4 is 16.9 Å². The molecule has 0 spiro atoms. The van der Waals surface area contributed by atoms with E-state index < -0.39 is 0 Å². The fourth-order valence-corrected chi connectivity index (χ4v) is 4.03. The van der Waals surface area contributed by atoms with Crippen LogP contribution < -0.4 is 0 Å². The lowest BCUT2D eigenvalue weighted by atomic mass is 9.98. The number of nitrogens with zero attached hydrogens (tertiary/aromatic N) is 4. The van der Waals surface area contributed by atoms with Gasteiger partial charge in [0.15, 0.2) is 5.65 Å². The first kappa shape index (κ1) is 16.6. The second kappa shape index (κ2) is 6.43. The molecule has 1 aliphatic carbocycles. The number of hydrogen-bond acceptors (Lipinski definition) is 3. The number of fused-ring (bicyclic) bond motifs is 1. The molecule has 1 atom stereocenters. The molecule has 1 saturated carbocycles. The van der Waals surface area contributed by atoms with Gasteiger partial charge in [0.05, 0.1) is 17.1 Å². The third kappa shape index (κ3) is 2.94. The number of carbonyl (C=O) groups excluding carboxylic acids is 1. The summed E-state index contributed by atoms with van der Waals surface area (Å²) in [5.74, 6) is 0.693. The molecule has 0 bridgehead atoms. The first-order valence-corrected chi connectivity index (χ1v) is 9.79. The summed E-state index contributed by atoms with van der Waals surface area (Å²) in [6.07, 6.45) is 8.69. The van der Waals surface area contributed by atoms with Gasteiger partial charge in [-0.05, 0) is 58.4 Å². The first-order chi connectivity index (χ1) is 12.1. The molecule has 3 heterocycles. The molecule has 134 valence electrons. The standard InChI is InChI=1S/C20H28N4O/c1-4-15-7-5-6-10-23(15)20(25)16-11-18(14-8-9-14)22-19-17(16)12-21-24(19)13(2)3/h11-15H,4-10H2,1-3H3. The van der Waals surface area contributed by atoms with E-state index in [1.54, 1.807) is 0 Å². The average molecular weight is 340 g/mol. The van der Waals surface area contributed by atoms with Crippen LogP contribution in [0.15, 0.2) is 12.3 Å². The molecule has 4 rings (SSSR count). The van der Waals surface area contributed by atoms with Gasteiger partial charge >= 0.3 is 0 Å². The second-order valence-electron chi connectivity index (χ2n) is 7.85. The average Bonchev–Trinajstić information content (AvgIpc) is 3.39. The molecule has 2 aliphatic rings. The van der Waals surface area contributed by atoms with Gasteiger partial charge < -0.3 is 4.90 Å². The highest BCUT2D eigenvalue weighted by molar-refractivity contribution is 6.05. The molecule has 0 radical (unpaired) electrons. The Morgan fingerprint density at radius 3 is 2.76 bits per heavy atom. The molecule has 1 aliphatic heterocycles. The zero-order chi connectivity index (χ0) is 17.6. The van der Waals surface area contributed by atoms with Gasteiger partial charge in [-0.25, -0.2) is 9.67 Å². The van der Waals surface area contributed by atoms with E-state index in [2.05, 4.69) is 36.8 Å². The van der Waals surface area contributed by atoms with E-state index in [-0.39, 0.29) is 11.9 Å². The summed E-state index contributed by atoms with van der Waals surface area (Å²) in [5.41, 5.74) is 2.75. The van der Waals surface area contributed by atoms with E-state index in [1.807, 2.05) is 10.9 Å². The number of piperidine rings is 1. The van der Waals surface area contributed by atoms with Gasteiger partial charge in [0, 0.05) is 30.2 Å². The normalized spacial score (nSPS) is 21.3. The van der Waals surface area contributed by atoms with E-state index >= 15 is 0 Å². The Hall–Kier alpha value is -1.91. The number of aromatic nitrogens is 3. The summed E-state index contributed by atoms with van der Waals surface area (Å²) in [6, 6.07) is 2.66. The number of amides is 1. The van der Waals surface area contributed by atoms with Crippen LogP contribution in [0, 0.1) is 0 Å². The Bertz CT molecular complexity index is 790. The maximum atomic E-state index is 13.4. The van der Waals surface area contributed by atoms with Crippen molar-refractivity contribution in [3.8, 4) is 0 Å². The van der Waals surface area contributed by atoms with Crippen LogP contribution in [0.3, 0.4) is 0 Å². The van der Waals surface area contributed by atoms with Crippen molar-refractivity contribution in [2.75, 3.05) is 6.54 Å². The van der Waals surface area contributed by atoms with E-state index in [4.69, 9.17) is 4.98 Å². The fraction of sp³-hybridized carbons (Fsp3) is 0.650. The summed E-state index contributed by atoms with van der Waals surface area (Å²) < 4.78 is 1.95. The van der Waals surface area contributed by atoms with Crippen molar-refractivity contribution in [1.29, 1.82) is 0 Å². The topological polar surface area (TPSA) is 51.0 Å². The van der Waals surface area contributed by atoms with Crippen molar-refractivity contribution in [3.63, 3.8) is 0 Å². The molecule has 1 unspecified atom stereocenters. The van der Waals surface area contributed by atoms with E-state index in [1.165, 1.54) is 19.3 Å². The van der Waals surface area contributed by atoms with Crippen molar-refractivity contribution in [2.45, 2.75) is 77.3 Å². The van der Waals surface area contributed by atoms with Crippen molar-refractivity contribution < 1.29 is 4.79 Å². The highest BCUT2D eigenvalue weighted by Gasteiger charge is 2.31. The monoisotopic (exact) mass is 340 g/mol. The number of rotatable bonds is 4. The Morgan fingerprint density at radius 2 is 2.08 bits per heavy atom. The zero-order valence-corrected chi connectivity index (χ0v) is 15.5. The molecular weight excluding hydrogens is 312 g/mol. The predicted molar refractivity (Wildman–Crippen MR) is 98.9 cm³/mol. The molecule has 2 aromatic rings. The number of likely N-dealkylation sites (tertiary alicyclic amines) is 1. The van der Waals surface area contributed by atoms with Crippen molar-refractivity contribution in [1.82, 2.24) is 19.7 Å². The first-order valence-electron chi connectivity index (χ1n) is 9.79. The molecule has 1 saturated heterocycles. The lowest BCUT2D eigenvalue weighted by molar-refractivity contribution is 0.0610. The Kier molecular flexibility index (Phi) is 4.26. The molecule has 2 aromatic heterocycles. The van der Waals surface area contributed by atoms with Crippen LogP contribution in [0.2, 0.25) is 0 Å². The van der Waals surface area contributed by atoms with Crippen LogP contribution in [0.1, 0.15) is 87.3 Å². The predicted octanol–water partition coefficient (Wildman–Crippen LogP) is 4.29. The second-order valence-corrected chi connectivity index (χ2v) is 7.85. The van der Waals surface area contributed by atoms with E-state index in [0.29, 0.717) is 12.0 Å². The van der Waals surface area contributed by atoms with Crippen molar-refractivity contribution in [3.05, 3.63) is 23.5 Å². The minimum absolute atomic E-state index is 0.171. The molecule has 0 N–H and O–H groups in total. The van der Waals surface area contributed by atoms with Gasteiger partial charge in [-0.15, -0.1) is 0 Å². The van der Waals surface area contributed by atoms with Crippen LogP contribution in [0.5, 0.6) is 0 Å². The third-order valence-corrected chi connectivity index (χ3v) is 5.66. The number of hydrogen-bond donors (Lipinski definition) is 0. The molecule has 25 heavy (non-hydrogen) atoms. The van der Waals surface area contributed by atoms with Crippen LogP contribution in [0.25, 0.3) is 11.0 Å². The Balaban J connectivity index is 1.81. The lowest BCUT2D eigenvalue weighted by Crippen LogP contribution is -2.43. The smallest absolute Gasteiger partial charge is 0.254 e. The van der Waals surface area contributed by atoms with E-state index in [9.17, 15) is 4.79 Å². The fourth-order valence-electron chi connectivity index (χ4n) is 4.03. The van der Waals surface area contributed by atoms with Gasteiger partial charge in [-0.3, -0.25) is 4.79 Å². The molecular formula is C20H28N4O. The Labute approximate surface area is 149 Å². The maximum Gasteiger partial charge on any atom is 0.254 e. The van der Waals surface area contributed by atoms with Gasteiger partial charge in [-0.1, -0.05) is 6.92 Å². The van der Waals surface area contributed by atoms with Crippen LogP contribution in [-0.2, 0) is 0 Å². The molecule has 5 nitrogen and oxygen atoms in total. The SMILES string of the molecule is CCC1CCCCN1C(=O)c1cc(C2CC2)nc2c1cnn2C(C)C. The minimum Gasteiger partial charge on any atom is -0.336 e. The highest BCUT2D eigenvalue weighted by atomic mass is 16.2. The maximum absolute atomic E-state index is 13.4. The lowest BCUT2D eigenvalue weighted by Gasteiger charge is -2.35. The summed E-state index contributed by atoms with van der Waals surface area (Å²) in [7, 11) is 0. The van der Waals surface area contributed by atoms with Gasteiger partial charge in [-0.2, -0.15) is 5.10 Å². The largest absolute Gasteiger partial charge is 0.336 e. The zero-order valence-electron chi connectivity index (χ0n) is 15.5.